The van der Waals surface area contributed by atoms with Gasteiger partial charge in [-0.2, -0.15) is 0 Å². The highest BCUT2D eigenvalue weighted by molar-refractivity contribution is 6.08. The topological polar surface area (TPSA) is 93.8 Å². The number of carbonyl (C=O) groups excluding carboxylic acids is 1. The molecule has 0 saturated heterocycles. The third-order valence-corrected chi connectivity index (χ3v) is 3.50. The summed E-state index contributed by atoms with van der Waals surface area (Å²) in [6.45, 7) is 5.71. The van der Waals surface area contributed by atoms with Crippen molar-refractivity contribution in [3.63, 3.8) is 0 Å². The van der Waals surface area contributed by atoms with Crippen LogP contribution >= 0.6 is 0 Å². The van der Waals surface area contributed by atoms with E-state index in [0.29, 0.717) is 22.3 Å². The zero-order valence-electron chi connectivity index (χ0n) is 12.8. The summed E-state index contributed by atoms with van der Waals surface area (Å²) < 4.78 is 10.8. The van der Waals surface area contributed by atoms with E-state index in [1.807, 2.05) is 0 Å². The molecule has 1 N–H and O–H groups in total. The average molecular weight is 304 g/mol. The molecule has 0 radical (unpaired) electrons. The fourth-order valence-corrected chi connectivity index (χ4v) is 2.30. The van der Waals surface area contributed by atoms with E-state index in [1.165, 1.54) is 13.0 Å². The van der Waals surface area contributed by atoms with E-state index in [0.717, 1.165) is 0 Å². The second-order valence-corrected chi connectivity index (χ2v) is 5.12. The van der Waals surface area contributed by atoms with Gasteiger partial charge in [0.2, 0.25) is 0 Å². The quantitative estimate of drug-likeness (QED) is 0.872. The third-order valence-electron chi connectivity index (χ3n) is 3.50. The second-order valence-electron chi connectivity index (χ2n) is 5.12. The molecule has 116 valence electrons. The molecule has 0 amide bonds. The number of fused-ring (bicyclic) bond motifs is 1. The molecule has 0 aliphatic carbocycles. The smallest absolute Gasteiger partial charge is 0.341 e. The summed E-state index contributed by atoms with van der Waals surface area (Å²) in [7, 11) is 0. The van der Waals surface area contributed by atoms with Crippen LogP contribution < -0.4 is 10.2 Å². The summed E-state index contributed by atoms with van der Waals surface area (Å²) in [5.41, 5.74) is 1.06. The number of Topliss-reactive ketones (excluding diaryl/α,β-unsaturated/α-hetero) is 1. The molecule has 2 rings (SSSR count). The normalized spacial score (nSPS) is 10.7. The van der Waals surface area contributed by atoms with Gasteiger partial charge in [-0.15, -0.1) is 0 Å². The molecule has 0 aliphatic rings. The molecular weight excluding hydrogens is 288 g/mol. The van der Waals surface area contributed by atoms with E-state index >= 15 is 0 Å². The fourth-order valence-electron chi connectivity index (χ4n) is 2.30. The lowest BCUT2D eigenvalue weighted by molar-refractivity contribution is -0.139. The monoisotopic (exact) mass is 304 g/mol. The Kier molecular flexibility index (Phi) is 4.03. The molecule has 0 fully saturated rings. The van der Waals surface area contributed by atoms with Crippen molar-refractivity contribution in [1.29, 1.82) is 0 Å². The Morgan fingerprint density at radius 1 is 1.27 bits per heavy atom. The molecule has 6 nitrogen and oxygen atoms in total. The first-order valence-electron chi connectivity index (χ1n) is 6.67. The molecule has 0 atom stereocenters. The average Bonchev–Trinajstić information content (AvgIpc) is 2.41. The first-order chi connectivity index (χ1) is 10.2. The van der Waals surface area contributed by atoms with Crippen LogP contribution in [0.1, 0.15) is 34.2 Å². The Morgan fingerprint density at radius 2 is 1.91 bits per heavy atom. The van der Waals surface area contributed by atoms with Gasteiger partial charge in [0, 0.05) is 5.56 Å². The minimum Gasteiger partial charge on any atom is -0.481 e. The largest absolute Gasteiger partial charge is 0.481 e. The van der Waals surface area contributed by atoms with Gasteiger partial charge in [0.25, 0.3) is 0 Å². The molecule has 1 aromatic carbocycles. The minimum absolute atomic E-state index is 0.0852. The lowest BCUT2D eigenvalue weighted by Crippen LogP contribution is -2.14. The third kappa shape index (κ3) is 2.59. The summed E-state index contributed by atoms with van der Waals surface area (Å²) >= 11 is 0. The number of ketones is 1. The van der Waals surface area contributed by atoms with Crippen molar-refractivity contribution in [3.8, 4) is 5.75 Å². The highest BCUT2D eigenvalue weighted by Gasteiger charge is 2.21. The summed E-state index contributed by atoms with van der Waals surface area (Å²) in [5, 5.41) is 9.04. The van der Waals surface area contributed by atoms with Crippen LogP contribution in [0, 0.1) is 20.8 Å². The van der Waals surface area contributed by atoms with Crippen molar-refractivity contribution < 1.29 is 23.8 Å². The van der Waals surface area contributed by atoms with Gasteiger partial charge in [-0.1, -0.05) is 0 Å². The van der Waals surface area contributed by atoms with Crippen molar-refractivity contribution in [1.82, 2.24) is 0 Å². The number of hydrogen-bond acceptors (Lipinski definition) is 5. The van der Waals surface area contributed by atoms with Crippen LogP contribution in [0.4, 0.5) is 0 Å². The van der Waals surface area contributed by atoms with Gasteiger partial charge in [-0.25, -0.2) is 4.79 Å². The number of carboxylic acid groups (broad SMARTS) is 1. The minimum atomic E-state index is -1.16. The van der Waals surface area contributed by atoms with Crippen LogP contribution in [0.5, 0.6) is 5.75 Å². The second kappa shape index (κ2) is 5.63. The maximum atomic E-state index is 12.4. The van der Waals surface area contributed by atoms with Crippen LogP contribution in [-0.4, -0.2) is 23.5 Å². The Bertz CT molecular complexity index is 844. The van der Waals surface area contributed by atoms with Gasteiger partial charge < -0.3 is 14.3 Å². The Hall–Kier alpha value is -2.63. The Morgan fingerprint density at radius 3 is 2.45 bits per heavy atom. The lowest BCUT2D eigenvalue weighted by Gasteiger charge is -2.13. The number of ether oxygens (including phenoxy) is 1. The van der Waals surface area contributed by atoms with Crippen LogP contribution in [-0.2, 0) is 4.79 Å². The number of hydrogen-bond donors (Lipinski definition) is 1. The van der Waals surface area contributed by atoms with Crippen molar-refractivity contribution in [2.45, 2.75) is 27.7 Å². The standard InChI is InChI=1S/C16H16O6/c1-7-5-11(21-6-12(18)19)14(9(3)17)16-13(7)15(20)8(2)10(4)22-16/h5H,6H2,1-4H3,(H,18,19). The number of aliphatic carboxylic acids is 1. The van der Waals surface area contributed by atoms with Gasteiger partial charge >= 0.3 is 5.97 Å². The highest BCUT2D eigenvalue weighted by Crippen LogP contribution is 2.31. The van der Waals surface area contributed by atoms with Gasteiger partial charge in [0.1, 0.15) is 17.1 Å². The van der Waals surface area contributed by atoms with E-state index in [4.69, 9.17) is 14.3 Å². The van der Waals surface area contributed by atoms with Crippen LogP contribution in [0.25, 0.3) is 11.0 Å². The van der Waals surface area contributed by atoms with Crippen molar-refractivity contribution in [2.24, 2.45) is 0 Å². The van der Waals surface area contributed by atoms with Crippen LogP contribution in [0.15, 0.2) is 15.3 Å². The predicted octanol–water partition coefficient (Wildman–Crippen LogP) is 2.38. The predicted molar refractivity (Wildman–Crippen MR) is 79.8 cm³/mol. The number of rotatable bonds is 4. The van der Waals surface area contributed by atoms with Crippen molar-refractivity contribution in [3.05, 3.63) is 38.7 Å². The SMILES string of the molecule is CC(=O)c1c(OCC(=O)O)cc(C)c2c(=O)c(C)c(C)oc12. The van der Waals surface area contributed by atoms with Gasteiger partial charge in [-0.3, -0.25) is 9.59 Å². The van der Waals surface area contributed by atoms with Crippen molar-refractivity contribution >= 4 is 22.7 Å². The highest BCUT2D eigenvalue weighted by atomic mass is 16.5. The van der Waals surface area contributed by atoms with E-state index < -0.39 is 12.6 Å². The van der Waals surface area contributed by atoms with Crippen molar-refractivity contribution in [2.75, 3.05) is 6.61 Å². The molecule has 0 bridgehead atoms. The first-order valence-corrected chi connectivity index (χ1v) is 6.67. The number of aryl methyl sites for hydroxylation is 2. The Balaban J connectivity index is 2.87. The van der Waals surface area contributed by atoms with E-state index in [-0.39, 0.29) is 28.1 Å². The summed E-state index contributed by atoms with van der Waals surface area (Å²) in [5.74, 6) is -1.01. The molecule has 1 heterocycles. The lowest BCUT2D eigenvalue weighted by atomic mass is 10.00. The molecule has 6 heteroatoms. The Labute approximate surface area is 126 Å². The molecule has 0 aliphatic heterocycles. The van der Waals surface area contributed by atoms with Gasteiger partial charge in [-0.05, 0) is 39.3 Å². The maximum Gasteiger partial charge on any atom is 0.341 e. The van der Waals surface area contributed by atoms with Crippen LogP contribution in [0.2, 0.25) is 0 Å². The number of carbonyl (C=O) groups is 2. The van der Waals surface area contributed by atoms with Crippen LogP contribution in [0.3, 0.4) is 0 Å². The molecule has 0 saturated carbocycles. The van der Waals surface area contributed by atoms with E-state index in [2.05, 4.69) is 0 Å². The van der Waals surface area contributed by atoms with E-state index in [1.54, 1.807) is 20.8 Å². The summed E-state index contributed by atoms with van der Waals surface area (Å²) in [6.07, 6.45) is 0. The molecule has 1 aromatic heterocycles. The zero-order chi connectivity index (χ0) is 16.6. The number of carboxylic acids is 1. The molecule has 22 heavy (non-hydrogen) atoms. The first kappa shape index (κ1) is 15.8. The summed E-state index contributed by atoms with van der Waals surface area (Å²) in [6, 6.07) is 1.49. The zero-order valence-corrected chi connectivity index (χ0v) is 12.8. The molecular formula is C16H16O6. The molecule has 2 aromatic rings. The van der Waals surface area contributed by atoms with E-state index in [9.17, 15) is 14.4 Å². The fraction of sp³-hybridized carbons (Fsp3) is 0.312. The summed E-state index contributed by atoms with van der Waals surface area (Å²) in [4.78, 5) is 35.0. The maximum absolute atomic E-state index is 12.4. The van der Waals surface area contributed by atoms with Gasteiger partial charge in [0.05, 0.1) is 5.39 Å². The molecule has 0 unspecified atom stereocenters. The number of benzene rings is 1. The van der Waals surface area contributed by atoms with Gasteiger partial charge in [0.15, 0.2) is 23.4 Å². The molecule has 0 spiro atoms.